The number of aliphatic hydroxyl groups excluding tert-OH is 3. The van der Waals surface area contributed by atoms with Crippen LogP contribution in [0.4, 0.5) is 0 Å². The normalized spacial score (nSPS) is 18.5. The van der Waals surface area contributed by atoms with E-state index in [0.717, 1.165) is 17.3 Å². The standard InChI is InChI=1S/C23H33NO6/c1-14(11-19-13-30-18(5)24-19)7-6-8-16(3)23(29)17(4)21(26)12-20(25)15(2)9-10-22(27)28/h6-11,13,15,17,20-21,23,25-26,29H,12H2,1-5H3,(H,27,28). The minimum Gasteiger partial charge on any atom is -0.478 e. The van der Waals surface area contributed by atoms with Crippen molar-refractivity contribution in [3.05, 3.63) is 59.4 Å². The number of carboxylic acids is 1. The number of allylic oxidation sites excluding steroid dienone is 4. The van der Waals surface area contributed by atoms with Crippen molar-refractivity contribution in [1.29, 1.82) is 0 Å². The van der Waals surface area contributed by atoms with Gasteiger partial charge in [-0.1, -0.05) is 38.2 Å². The van der Waals surface area contributed by atoms with Gasteiger partial charge in [-0.15, -0.1) is 0 Å². The molecule has 7 nitrogen and oxygen atoms in total. The first-order valence-corrected chi connectivity index (χ1v) is 9.91. The minimum absolute atomic E-state index is 0.0332. The summed E-state index contributed by atoms with van der Waals surface area (Å²) >= 11 is 0. The molecule has 1 heterocycles. The van der Waals surface area contributed by atoms with Gasteiger partial charge in [0.2, 0.25) is 0 Å². The van der Waals surface area contributed by atoms with Crippen LogP contribution in [0.3, 0.4) is 0 Å². The third kappa shape index (κ3) is 8.90. The molecule has 1 aromatic rings. The van der Waals surface area contributed by atoms with E-state index in [9.17, 15) is 20.1 Å². The maximum atomic E-state index is 10.6. The van der Waals surface area contributed by atoms with Crippen molar-refractivity contribution in [2.75, 3.05) is 0 Å². The first-order valence-electron chi connectivity index (χ1n) is 9.91. The van der Waals surface area contributed by atoms with E-state index in [-0.39, 0.29) is 6.42 Å². The number of nitrogens with zero attached hydrogens (tertiary/aromatic N) is 1. The Labute approximate surface area is 177 Å². The van der Waals surface area contributed by atoms with E-state index in [4.69, 9.17) is 9.52 Å². The Morgan fingerprint density at radius 2 is 1.83 bits per heavy atom. The lowest BCUT2D eigenvalue weighted by Gasteiger charge is -2.27. The maximum Gasteiger partial charge on any atom is 0.327 e. The maximum absolute atomic E-state index is 10.6. The third-order valence-electron chi connectivity index (χ3n) is 4.93. The summed E-state index contributed by atoms with van der Waals surface area (Å²) in [4.78, 5) is 14.8. The van der Waals surface area contributed by atoms with Gasteiger partial charge < -0.3 is 24.8 Å². The molecule has 166 valence electrons. The molecule has 0 aliphatic heterocycles. The van der Waals surface area contributed by atoms with Gasteiger partial charge >= 0.3 is 5.97 Å². The van der Waals surface area contributed by atoms with Crippen LogP contribution in [0.1, 0.15) is 45.7 Å². The smallest absolute Gasteiger partial charge is 0.327 e. The molecule has 0 bridgehead atoms. The van der Waals surface area contributed by atoms with E-state index in [1.807, 2.05) is 25.2 Å². The van der Waals surface area contributed by atoms with Crippen molar-refractivity contribution in [2.45, 2.75) is 59.4 Å². The third-order valence-corrected chi connectivity index (χ3v) is 4.93. The van der Waals surface area contributed by atoms with Crippen LogP contribution in [0.15, 0.2) is 52.2 Å². The highest BCUT2D eigenvalue weighted by Gasteiger charge is 2.26. The van der Waals surface area contributed by atoms with Crippen LogP contribution in [0, 0.1) is 18.8 Å². The molecule has 0 amide bonds. The number of hydrogen-bond acceptors (Lipinski definition) is 6. The summed E-state index contributed by atoms with van der Waals surface area (Å²) in [6, 6.07) is 0. The predicted molar refractivity (Wildman–Crippen MR) is 116 cm³/mol. The average molecular weight is 420 g/mol. The second-order valence-corrected chi connectivity index (χ2v) is 7.68. The zero-order valence-corrected chi connectivity index (χ0v) is 18.2. The fourth-order valence-corrected chi connectivity index (χ4v) is 2.84. The van der Waals surface area contributed by atoms with Gasteiger partial charge in [-0.25, -0.2) is 9.78 Å². The van der Waals surface area contributed by atoms with Crippen LogP contribution < -0.4 is 0 Å². The molecule has 0 aliphatic carbocycles. The van der Waals surface area contributed by atoms with Crippen LogP contribution in [0.2, 0.25) is 0 Å². The Morgan fingerprint density at radius 3 is 2.40 bits per heavy atom. The SMILES string of the molecule is CC(C=CC=C(C)C(O)C(C)C(O)CC(O)C(C)C=CC(=O)O)=Cc1coc(C)n1. The summed E-state index contributed by atoms with van der Waals surface area (Å²) in [5.41, 5.74) is 2.37. The number of rotatable bonds is 11. The fourth-order valence-electron chi connectivity index (χ4n) is 2.84. The molecular weight excluding hydrogens is 386 g/mol. The Morgan fingerprint density at radius 1 is 1.17 bits per heavy atom. The number of carbonyl (C=O) groups is 1. The molecule has 1 rings (SSSR count). The first-order chi connectivity index (χ1) is 14.0. The Kier molecular flexibility index (Phi) is 10.5. The van der Waals surface area contributed by atoms with Gasteiger partial charge in [-0.05, 0) is 31.1 Å². The van der Waals surface area contributed by atoms with Gasteiger partial charge in [-0.2, -0.15) is 0 Å². The lowest BCUT2D eigenvalue weighted by atomic mass is 9.87. The van der Waals surface area contributed by atoms with E-state index in [0.29, 0.717) is 11.5 Å². The Balaban J connectivity index is 2.65. The quantitative estimate of drug-likeness (QED) is 0.320. The molecule has 0 aliphatic rings. The molecule has 0 saturated heterocycles. The topological polar surface area (TPSA) is 124 Å². The zero-order chi connectivity index (χ0) is 22.8. The van der Waals surface area contributed by atoms with E-state index < -0.39 is 36.1 Å². The molecule has 5 unspecified atom stereocenters. The van der Waals surface area contributed by atoms with Gasteiger partial charge in [0, 0.05) is 31.3 Å². The highest BCUT2D eigenvalue weighted by molar-refractivity contribution is 5.79. The molecule has 1 aromatic heterocycles. The van der Waals surface area contributed by atoms with Gasteiger partial charge in [0.15, 0.2) is 5.89 Å². The van der Waals surface area contributed by atoms with Crippen molar-refractivity contribution < 1.29 is 29.6 Å². The molecule has 30 heavy (non-hydrogen) atoms. The van der Waals surface area contributed by atoms with E-state index >= 15 is 0 Å². The fraction of sp³-hybridized carbons (Fsp3) is 0.478. The molecule has 0 saturated carbocycles. The second-order valence-electron chi connectivity index (χ2n) is 7.68. The largest absolute Gasteiger partial charge is 0.478 e. The lowest BCUT2D eigenvalue weighted by molar-refractivity contribution is -0.131. The monoisotopic (exact) mass is 419 g/mol. The van der Waals surface area contributed by atoms with Crippen LogP contribution in [0.5, 0.6) is 0 Å². The van der Waals surface area contributed by atoms with Gasteiger partial charge in [-0.3, -0.25) is 0 Å². The van der Waals surface area contributed by atoms with Crippen LogP contribution in [-0.4, -0.2) is 49.7 Å². The van der Waals surface area contributed by atoms with Crippen LogP contribution >= 0.6 is 0 Å². The first kappa shape index (κ1) is 25.6. The number of aliphatic hydroxyl groups is 3. The number of oxazole rings is 1. The highest BCUT2D eigenvalue weighted by atomic mass is 16.4. The van der Waals surface area contributed by atoms with Crippen molar-refractivity contribution >= 4 is 12.0 Å². The lowest BCUT2D eigenvalue weighted by Crippen LogP contribution is -2.34. The van der Waals surface area contributed by atoms with E-state index in [1.54, 1.807) is 40.0 Å². The number of hydrogen-bond donors (Lipinski definition) is 4. The van der Waals surface area contributed by atoms with E-state index in [1.165, 1.54) is 6.08 Å². The van der Waals surface area contributed by atoms with Crippen molar-refractivity contribution in [3.63, 3.8) is 0 Å². The van der Waals surface area contributed by atoms with Crippen LogP contribution in [-0.2, 0) is 4.79 Å². The molecule has 0 spiro atoms. The predicted octanol–water partition coefficient (Wildman–Crippen LogP) is 3.27. The Hall–Kier alpha value is -2.48. The van der Waals surface area contributed by atoms with Crippen molar-refractivity contribution in [2.24, 2.45) is 11.8 Å². The molecule has 0 aromatic carbocycles. The Bertz CT molecular complexity index is 804. The summed E-state index contributed by atoms with van der Waals surface area (Å²) in [6.45, 7) is 8.85. The summed E-state index contributed by atoms with van der Waals surface area (Å²) in [7, 11) is 0. The molecule has 5 atom stereocenters. The second kappa shape index (κ2) is 12.3. The highest BCUT2D eigenvalue weighted by Crippen LogP contribution is 2.22. The zero-order valence-electron chi connectivity index (χ0n) is 18.2. The number of aliphatic carboxylic acids is 1. The number of aryl methyl sites for hydroxylation is 1. The minimum atomic E-state index is -1.09. The molecule has 4 N–H and O–H groups in total. The summed E-state index contributed by atoms with van der Waals surface area (Å²) in [6.07, 6.45) is 8.55. The summed E-state index contributed by atoms with van der Waals surface area (Å²) < 4.78 is 5.16. The molecule has 0 fully saturated rings. The van der Waals surface area contributed by atoms with Gasteiger partial charge in [0.25, 0.3) is 0 Å². The van der Waals surface area contributed by atoms with Crippen LogP contribution in [0.25, 0.3) is 6.08 Å². The summed E-state index contributed by atoms with van der Waals surface area (Å²) in [5.74, 6) is -1.42. The average Bonchev–Trinajstić information content (AvgIpc) is 3.08. The van der Waals surface area contributed by atoms with Gasteiger partial charge in [0.1, 0.15) is 12.0 Å². The number of carboxylic acid groups (broad SMARTS) is 1. The number of aromatic nitrogens is 1. The summed E-state index contributed by atoms with van der Waals surface area (Å²) in [5, 5.41) is 39.7. The molecule has 7 heteroatoms. The van der Waals surface area contributed by atoms with Crippen molar-refractivity contribution in [3.8, 4) is 0 Å². The van der Waals surface area contributed by atoms with E-state index in [2.05, 4.69) is 4.98 Å². The molecular formula is C23H33NO6. The van der Waals surface area contributed by atoms with Crippen molar-refractivity contribution in [1.82, 2.24) is 4.98 Å². The molecule has 0 radical (unpaired) electrons. The van der Waals surface area contributed by atoms with Gasteiger partial charge in [0.05, 0.1) is 18.3 Å².